The first-order chi connectivity index (χ1) is 31.4. The standard InChI is InChI=1S/C44H36F6N10O5S2/c1-58(2)66(61,62)37-20-26(22-54-41(37)51)31-10-11-33-39(56-31)29(15-17-53-33)25-7-13-34(36(19-25)65-44(48,49)50)60-18-16-30(24-5-8-28(9-6-24)43(45,46)47)40-35(60)14-12-32(57-40)27-21-38(42(52)55-23-27)67(63,64)59(3)4/h5,7-23H,6H2,1-4H3,(H2,51,54)(H2,52,55). The number of aromatic nitrogens is 5. The fraction of sp³-hybridized carbons (Fsp3) is 0.159. The number of nitrogens with zero attached hydrogens (tertiary/aromatic N) is 8. The van der Waals surface area contributed by atoms with Gasteiger partial charge in [0.15, 0.2) is 5.75 Å². The topological polar surface area (TPSA) is 204 Å². The van der Waals surface area contributed by atoms with Crippen LogP contribution in [0, 0.1) is 0 Å². The zero-order valence-corrected chi connectivity index (χ0v) is 37.1. The lowest BCUT2D eigenvalue weighted by Crippen LogP contribution is -2.23. The molecule has 0 atom stereocenters. The number of alkyl halides is 6. The summed E-state index contributed by atoms with van der Waals surface area (Å²) >= 11 is 0. The van der Waals surface area contributed by atoms with Crippen molar-refractivity contribution < 1.29 is 47.9 Å². The van der Waals surface area contributed by atoms with Gasteiger partial charge in [-0.15, -0.1) is 13.2 Å². The zero-order chi connectivity index (χ0) is 48.4. The molecule has 0 saturated heterocycles. The van der Waals surface area contributed by atoms with Crippen molar-refractivity contribution in [2.24, 2.45) is 0 Å². The Morgan fingerprint density at radius 2 is 1.28 bits per heavy atom. The summed E-state index contributed by atoms with van der Waals surface area (Å²) in [6.45, 7) is 0. The van der Waals surface area contributed by atoms with Crippen molar-refractivity contribution in [1.29, 1.82) is 0 Å². The van der Waals surface area contributed by atoms with Crippen LogP contribution in [0.25, 0.3) is 50.2 Å². The van der Waals surface area contributed by atoms with Gasteiger partial charge in [-0.05, 0) is 78.2 Å². The molecule has 0 bridgehead atoms. The lowest BCUT2D eigenvalue weighted by molar-refractivity contribution is -0.274. The molecular formula is C44H36F6N10O5S2. The van der Waals surface area contributed by atoms with E-state index in [0.29, 0.717) is 22.2 Å². The van der Waals surface area contributed by atoms with Gasteiger partial charge in [0.25, 0.3) is 0 Å². The molecule has 6 aromatic rings. The highest BCUT2D eigenvalue weighted by Crippen LogP contribution is 2.46. The molecule has 0 spiro atoms. The van der Waals surface area contributed by atoms with Gasteiger partial charge in [-0.3, -0.25) is 4.98 Å². The van der Waals surface area contributed by atoms with Crippen LogP contribution >= 0.6 is 0 Å². The summed E-state index contributed by atoms with van der Waals surface area (Å²) in [5.74, 6) is -1.18. The van der Waals surface area contributed by atoms with Crippen molar-refractivity contribution in [3.8, 4) is 39.4 Å². The average molecular weight is 963 g/mol. The quantitative estimate of drug-likeness (QED) is 0.131. The molecule has 8 rings (SSSR count). The van der Waals surface area contributed by atoms with E-state index >= 15 is 0 Å². The molecule has 1 aliphatic heterocycles. The third kappa shape index (κ3) is 8.92. The predicted octanol–water partition coefficient (Wildman–Crippen LogP) is 8.25. The Hall–Kier alpha value is -7.21. The molecule has 15 nitrogen and oxygen atoms in total. The number of pyridine rings is 5. The molecule has 0 saturated carbocycles. The number of rotatable bonds is 9. The number of benzene rings is 1. The molecule has 0 radical (unpaired) electrons. The van der Waals surface area contributed by atoms with Gasteiger partial charge < -0.3 is 21.1 Å². The Labute approximate surface area is 379 Å². The van der Waals surface area contributed by atoms with Crippen molar-refractivity contribution in [1.82, 2.24) is 33.5 Å². The first-order valence-electron chi connectivity index (χ1n) is 19.6. The van der Waals surface area contributed by atoms with Crippen LogP contribution in [-0.4, -0.2) is 91.1 Å². The largest absolute Gasteiger partial charge is 0.573 e. The molecule has 2 aliphatic rings. The van der Waals surface area contributed by atoms with E-state index in [1.165, 1.54) is 112 Å². The summed E-state index contributed by atoms with van der Waals surface area (Å²) in [5, 5.41) is 0. The molecule has 1 aliphatic carbocycles. The Bertz CT molecular complexity index is 3370. The molecule has 5 aromatic heterocycles. The molecule has 6 heterocycles. The second-order valence-corrected chi connectivity index (χ2v) is 19.6. The van der Waals surface area contributed by atoms with Crippen molar-refractivity contribution >= 4 is 59.7 Å². The molecule has 0 unspecified atom stereocenters. The first-order valence-corrected chi connectivity index (χ1v) is 22.5. The molecule has 346 valence electrons. The van der Waals surface area contributed by atoms with Gasteiger partial charge >= 0.3 is 12.5 Å². The highest BCUT2D eigenvalue weighted by Gasteiger charge is 2.36. The predicted molar refractivity (Wildman–Crippen MR) is 239 cm³/mol. The van der Waals surface area contributed by atoms with Gasteiger partial charge in [-0.2, -0.15) is 13.2 Å². The van der Waals surface area contributed by atoms with Gasteiger partial charge in [0.1, 0.15) is 21.4 Å². The minimum absolute atomic E-state index is 0.120. The van der Waals surface area contributed by atoms with Crippen molar-refractivity contribution in [3.05, 3.63) is 127 Å². The maximum atomic E-state index is 14.3. The third-order valence-corrected chi connectivity index (χ3v) is 14.4. The fourth-order valence-electron chi connectivity index (χ4n) is 7.24. The number of anilines is 4. The Kier molecular flexibility index (Phi) is 11.7. The average Bonchev–Trinajstić information content (AvgIpc) is 3.27. The number of fused-ring (bicyclic) bond motifs is 2. The lowest BCUT2D eigenvalue weighted by Gasteiger charge is -2.30. The Morgan fingerprint density at radius 3 is 1.85 bits per heavy atom. The molecule has 4 N–H and O–H groups in total. The van der Waals surface area contributed by atoms with E-state index in [0.717, 1.165) is 26.8 Å². The van der Waals surface area contributed by atoms with Crippen LogP contribution in [0.3, 0.4) is 0 Å². The minimum Gasteiger partial charge on any atom is -0.404 e. The van der Waals surface area contributed by atoms with Crippen molar-refractivity contribution in [2.75, 3.05) is 44.6 Å². The number of allylic oxidation sites excluding steroid dienone is 7. The zero-order valence-electron chi connectivity index (χ0n) is 35.5. The van der Waals surface area contributed by atoms with Crippen molar-refractivity contribution in [2.45, 2.75) is 28.8 Å². The van der Waals surface area contributed by atoms with Crippen LogP contribution < -0.4 is 21.1 Å². The van der Waals surface area contributed by atoms with Crippen LogP contribution in [0.1, 0.15) is 12.1 Å². The maximum absolute atomic E-state index is 14.3. The van der Waals surface area contributed by atoms with Gasteiger partial charge in [0, 0.05) is 75.2 Å². The van der Waals surface area contributed by atoms with E-state index in [2.05, 4.69) is 19.7 Å². The van der Waals surface area contributed by atoms with Crippen LogP contribution in [-0.2, 0) is 20.0 Å². The molecule has 0 fully saturated rings. The molecule has 0 amide bonds. The molecule has 1 aromatic carbocycles. The number of hydrogen-bond donors (Lipinski definition) is 2. The summed E-state index contributed by atoms with van der Waals surface area (Å²) in [7, 11) is -2.81. The second-order valence-electron chi connectivity index (χ2n) is 15.3. The maximum Gasteiger partial charge on any atom is 0.573 e. The number of nitrogens with two attached hydrogens (primary N) is 2. The Balaban J connectivity index is 1.27. The SMILES string of the molecule is CN(C)S(=O)(=O)c1cc(-c2ccc3c(n2)C(=C2C=CC(C(F)(F)F)=CC2)C=CN3c2ccc(-c3ccnc4ccc(-c5cnc(N)c(S(=O)(=O)N(C)C)c5)nc34)cc2OC(F)(F)F)cnc1N. The van der Waals surface area contributed by atoms with Gasteiger partial charge in [-0.25, -0.2) is 45.4 Å². The van der Waals surface area contributed by atoms with Gasteiger partial charge in [0.05, 0.1) is 45.1 Å². The minimum atomic E-state index is -5.20. The first kappa shape index (κ1) is 46.3. The third-order valence-electron chi connectivity index (χ3n) is 10.7. The van der Waals surface area contributed by atoms with E-state index in [9.17, 15) is 43.2 Å². The molecule has 67 heavy (non-hydrogen) atoms. The van der Waals surface area contributed by atoms with E-state index in [-0.39, 0.29) is 78.5 Å². The van der Waals surface area contributed by atoms with Crippen LogP contribution in [0.15, 0.2) is 131 Å². The summed E-state index contributed by atoms with van der Waals surface area (Å²) in [4.78, 5) is 22.8. The number of sulfonamides is 2. The second kappa shape index (κ2) is 16.9. The normalized spacial score (nSPS) is 15.6. The molecule has 23 heteroatoms. The van der Waals surface area contributed by atoms with Gasteiger partial charge in [0.2, 0.25) is 20.0 Å². The number of hydrogen-bond acceptors (Lipinski definition) is 13. The summed E-state index contributed by atoms with van der Waals surface area (Å²) in [5.41, 5.74) is 13.9. The van der Waals surface area contributed by atoms with Gasteiger partial charge in [-0.1, -0.05) is 24.3 Å². The Morgan fingerprint density at radius 1 is 0.687 bits per heavy atom. The number of nitrogen functional groups attached to an aromatic ring is 2. The van der Waals surface area contributed by atoms with Crippen LogP contribution in [0.5, 0.6) is 5.75 Å². The summed E-state index contributed by atoms with van der Waals surface area (Å²) in [6.07, 6.45) is 0.174. The summed E-state index contributed by atoms with van der Waals surface area (Å²) in [6, 6.07) is 14.3. The highest BCUT2D eigenvalue weighted by atomic mass is 32.2. The van der Waals surface area contributed by atoms with E-state index in [1.54, 1.807) is 12.1 Å². The highest BCUT2D eigenvalue weighted by molar-refractivity contribution is 7.89. The van der Waals surface area contributed by atoms with E-state index < -0.39 is 43.9 Å². The van der Waals surface area contributed by atoms with E-state index in [1.807, 2.05) is 0 Å². The smallest absolute Gasteiger partial charge is 0.404 e. The fourth-order valence-corrected chi connectivity index (χ4v) is 9.21. The summed E-state index contributed by atoms with van der Waals surface area (Å²) < 4.78 is 143. The van der Waals surface area contributed by atoms with E-state index in [4.69, 9.17) is 21.4 Å². The van der Waals surface area contributed by atoms with Crippen LogP contribution in [0.2, 0.25) is 0 Å². The number of ether oxygens (including phenoxy) is 1. The molecular weight excluding hydrogens is 927 g/mol. The van der Waals surface area contributed by atoms with Crippen molar-refractivity contribution in [3.63, 3.8) is 0 Å². The monoisotopic (exact) mass is 962 g/mol. The number of halogens is 6. The lowest BCUT2D eigenvalue weighted by atomic mass is 9.92. The van der Waals surface area contributed by atoms with Crippen LogP contribution in [0.4, 0.5) is 49.4 Å².